The van der Waals surface area contributed by atoms with E-state index >= 15 is 0 Å². The Hall–Kier alpha value is -1.87. The van der Waals surface area contributed by atoms with Gasteiger partial charge in [-0.3, -0.25) is 9.78 Å². The summed E-state index contributed by atoms with van der Waals surface area (Å²) in [5.41, 5.74) is 0.129. The van der Waals surface area contributed by atoms with Crippen molar-refractivity contribution in [3.05, 3.63) is 63.3 Å². The lowest BCUT2D eigenvalue weighted by Crippen LogP contribution is -2.45. The molecule has 6 heteroatoms. The first-order chi connectivity index (χ1) is 12.4. The van der Waals surface area contributed by atoms with E-state index in [-0.39, 0.29) is 11.9 Å². The Bertz CT molecular complexity index is 877. The molecule has 1 aromatic heterocycles. The normalized spacial score (nSPS) is 22.2. The molecule has 1 fully saturated rings. The molecule has 134 valence electrons. The van der Waals surface area contributed by atoms with Gasteiger partial charge in [0, 0.05) is 39.9 Å². The largest absolute Gasteiger partial charge is 0.378 e. The van der Waals surface area contributed by atoms with E-state index in [9.17, 15) is 9.90 Å². The Morgan fingerprint density at radius 2 is 2.23 bits per heavy atom. The molecule has 1 saturated carbocycles. The fourth-order valence-corrected chi connectivity index (χ4v) is 3.60. The van der Waals surface area contributed by atoms with Gasteiger partial charge in [-0.15, -0.1) is 0 Å². The smallest absolute Gasteiger partial charge is 0.253 e. The summed E-state index contributed by atoms with van der Waals surface area (Å²) in [4.78, 5) is 16.4. The monoisotopic (exact) mass is 432 g/mol. The van der Waals surface area contributed by atoms with Gasteiger partial charge in [0.25, 0.3) is 5.91 Å². The van der Waals surface area contributed by atoms with Crippen LogP contribution in [0.4, 0.5) is 0 Å². The van der Waals surface area contributed by atoms with Gasteiger partial charge >= 0.3 is 0 Å². The standard InChI is InChI=1S/C20H18BrClN2O2/c21-16-10-15(12-23-13-16)19(25)24-18-5-2-7-20(26,11-18)8-6-14-3-1-4-17(22)9-14/h1,3-4,9-10,12-13,18,26H,2,5,7,11H2,(H,24,25)/t18-,20?/m0/s1. The van der Waals surface area contributed by atoms with Gasteiger partial charge in [0.2, 0.25) is 0 Å². The Morgan fingerprint density at radius 3 is 3.00 bits per heavy atom. The second kappa shape index (κ2) is 8.22. The van der Waals surface area contributed by atoms with Crippen LogP contribution in [0.5, 0.6) is 0 Å². The number of amides is 1. The molecule has 0 saturated heterocycles. The fraction of sp³-hybridized carbons (Fsp3) is 0.300. The molecular weight excluding hydrogens is 416 g/mol. The lowest BCUT2D eigenvalue weighted by atomic mass is 9.82. The quantitative estimate of drug-likeness (QED) is 0.705. The highest BCUT2D eigenvalue weighted by Gasteiger charge is 2.33. The predicted molar refractivity (Wildman–Crippen MR) is 105 cm³/mol. The molecule has 2 N–H and O–H groups in total. The van der Waals surface area contributed by atoms with Crippen molar-refractivity contribution in [3.8, 4) is 11.8 Å². The van der Waals surface area contributed by atoms with E-state index in [1.165, 1.54) is 6.20 Å². The van der Waals surface area contributed by atoms with Gasteiger partial charge in [-0.05, 0) is 59.5 Å². The topological polar surface area (TPSA) is 62.2 Å². The summed E-state index contributed by atoms with van der Waals surface area (Å²) in [6.45, 7) is 0. The summed E-state index contributed by atoms with van der Waals surface area (Å²) in [5, 5.41) is 14.4. The maximum absolute atomic E-state index is 12.4. The van der Waals surface area contributed by atoms with Crippen molar-refractivity contribution >= 4 is 33.4 Å². The fourth-order valence-electron chi connectivity index (χ4n) is 3.05. The van der Waals surface area contributed by atoms with Gasteiger partial charge in [0.15, 0.2) is 0 Å². The molecule has 2 atom stereocenters. The summed E-state index contributed by atoms with van der Waals surface area (Å²) >= 11 is 9.28. The molecule has 1 aromatic carbocycles. The summed E-state index contributed by atoms with van der Waals surface area (Å²) in [5.74, 6) is 5.77. The number of carbonyl (C=O) groups excluding carboxylic acids is 1. The molecule has 3 rings (SSSR count). The third kappa shape index (κ3) is 5.07. The zero-order valence-corrected chi connectivity index (χ0v) is 16.3. The molecule has 2 aromatic rings. The minimum Gasteiger partial charge on any atom is -0.378 e. The molecule has 26 heavy (non-hydrogen) atoms. The zero-order chi connectivity index (χ0) is 18.6. The van der Waals surface area contributed by atoms with E-state index in [1.54, 1.807) is 24.4 Å². The van der Waals surface area contributed by atoms with Crippen LogP contribution in [0.25, 0.3) is 0 Å². The van der Waals surface area contributed by atoms with Crippen molar-refractivity contribution < 1.29 is 9.90 Å². The molecule has 1 heterocycles. The highest BCUT2D eigenvalue weighted by atomic mass is 79.9. The third-order valence-electron chi connectivity index (χ3n) is 4.29. The number of nitrogens with zero attached hydrogens (tertiary/aromatic N) is 1. The minimum absolute atomic E-state index is 0.131. The summed E-state index contributed by atoms with van der Waals surface area (Å²) in [6.07, 6.45) is 5.74. The van der Waals surface area contributed by atoms with E-state index in [0.29, 0.717) is 23.4 Å². The van der Waals surface area contributed by atoms with Gasteiger partial charge in [0.1, 0.15) is 5.60 Å². The van der Waals surface area contributed by atoms with Gasteiger partial charge in [-0.1, -0.05) is 29.5 Å². The average molecular weight is 434 g/mol. The first kappa shape index (κ1) is 18.9. The number of halogens is 2. The maximum Gasteiger partial charge on any atom is 0.253 e. The van der Waals surface area contributed by atoms with Crippen molar-refractivity contribution in [1.29, 1.82) is 0 Å². The number of rotatable bonds is 2. The van der Waals surface area contributed by atoms with Crippen molar-refractivity contribution in [3.63, 3.8) is 0 Å². The van der Waals surface area contributed by atoms with Crippen LogP contribution in [-0.2, 0) is 0 Å². The van der Waals surface area contributed by atoms with Crippen molar-refractivity contribution in [2.24, 2.45) is 0 Å². The molecule has 0 radical (unpaired) electrons. The predicted octanol–water partition coefficient (Wildman–Crippen LogP) is 3.95. The maximum atomic E-state index is 12.4. The number of carbonyl (C=O) groups is 1. The molecule has 1 aliphatic rings. The van der Waals surface area contributed by atoms with Crippen LogP contribution >= 0.6 is 27.5 Å². The van der Waals surface area contributed by atoms with E-state index < -0.39 is 5.60 Å². The minimum atomic E-state index is -1.12. The van der Waals surface area contributed by atoms with Gasteiger partial charge in [-0.2, -0.15) is 0 Å². The van der Waals surface area contributed by atoms with Crippen LogP contribution in [0.3, 0.4) is 0 Å². The molecule has 4 nitrogen and oxygen atoms in total. The van der Waals surface area contributed by atoms with Crippen molar-refractivity contribution in [1.82, 2.24) is 10.3 Å². The first-order valence-electron chi connectivity index (χ1n) is 8.36. The molecule has 1 aliphatic carbocycles. The highest BCUT2D eigenvalue weighted by Crippen LogP contribution is 2.28. The van der Waals surface area contributed by atoms with Gasteiger partial charge < -0.3 is 10.4 Å². The molecular formula is C20H18BrClN2O2. The molecule has 0 bridgehead atoms. The molecule has 1 amide bonds. The van der Waals surface area contributed by atoms with Gasteiger partial charge in [0.05, 0.1) is 5.56 Å². The Kier molecular flexibility index (Phi) is 5.98. The average Bonchev–Trinajstić information content (AvgIpc) is 2.60. The summed E-state index contributed by atoms with van der Waals surface area (Å²) < 4.78 is 0.748. The first-order valence-corrected chi connectivity index (χ1v) is 9.53. The van der Waals surface area contributed by atoms with Crippen LogP contribution in [0.2, 0.25) is 5.02 Å². The van der Waals surface area contributed by atoms with Crippen LogP contribution in [-0.4, -0.2) is 27.6 Å². The van der Waals surface area contributed by atoms with Gasteiger partial charge in [-0.25, -0.2) is 0 Å². The number of aromatic nitrogens is 1. The van der Waals surface area contributed by atoms with Crippen molar-refractivity contribution in [2.75, 3.05) is 0 Å². The molecule has 0 spiro atoms. The lowest BCUT2D eigenvalue weighted by molar-refractivity contribution is 0.0452. The second-order valence-electron chi connectivity index (χ2n) is 6.45. The lowest BCUT2D eigenvalue weighted by Gasteiger charge is -2.33. The van der Waals surface area contributed by atoms with Crippen LogP contribution in [0, 0.1) is 11.8 Å². The number of hydrogen-bond acceptors (Lipinski definition) is 3. The van der Waals surface area contributed by atoms with Crippen LogP contribution in [0.1, 0.15) is 41.6 Å². The van der Waals surface area contributed by atoms with E-state index in [4.69, 9.17) is 11.6 Å². The summed E-state index contributed by atoms with van der Waals surface area (Å²) in [7, 11) is 0. The number of aliphatic hydroxyl groups is 1. The number of nitrogens with one attached hydrogen (secondary N) is 1. The molecule has 0 aliphatic heterocycles. The Morgan fingerprint density at radius 1 is 1.38 bits per heavy atom. The van der Waals surface area contributed by atoms with Crippen molar-refractivity contribution in [2.45, 2.75) is 37.3 Å². The van der Waals surface area contributed by atoms with Crippen LogP contribution < -0.4 is 5.32 Å². The van der Waals surface area contributed by atoms with Crippen LogP contribution in [0.15, 0.2) is 47.2 Å². The van der Waals surface area contributed by atoms with E-state index in [1.807, 2.05) is 12.1 Å². The number of hydrogen-bond donors (Lipinski definition) is 2. The highest BCUT2D eigenvalue weighted by molar-refractivity contribution is 9.10. The number of pyridine rings is 1. The second-order valence-corrected chi connectivity index (χ2v) is 7.80. The zero-order valence-electron chi connectivity index (χ0n) is 14.0. The van der Waals surface area contributed by atoms with E-state index in [2.05, 4.69) is 38.1 Å². The third-order valence-corrected chi connectivity index (χ3v) is 4.96. The molecule has 1 unspecified atom stereocenters. The Labute approximate surface area is 166 Å². The SMILES string of the molecule is O=C(N[C@H]1CCCC(O)(C#Cc2cccc(Cl)c2)C1)c1cncc(Br)c1. The summed E-state index contributed by atoms with van der Waals surface area (Å²) in [6, 6.07) is 8.81. The van der Waals surface area contributed by atoms with E-state index in [0.717, 1.165) is 22.9 Å². The Balaban J connectivity index is 1.68. The number of benzene rings is 1.